The summed E-state index contributed by atoms with van der Waals surface area (Å²) in [5.41, 5.74) is 7.68. The fourth-order valence-corrected chi connectivity index (χ4v) is 2.40. The molecule has 0 aliphatic rings. The second kappa shape index (κ2) is 6.81. The van der Waals surface area contributed by atoms with Gasteiger partial charge in [-0.25, -0.2) is 4.98 Å². The van der Waals surface area contributed by atoms with Gasteiger partial charge in [0.15, 0.2) is 0 Å². The number of thiocarbonyl (C=S) groups is 1. The van der Waals surface area contributed by atoms with E-state index in [-0.39, 0.29) is 0 Å². The molecule has 2 heterocycles. The quantitative estimate of drug-likeness (QED) is 0.796. The van der Waals surface area contributed by atoms with Crippen molar-refractivity contribution >= 4 is 22.9 Å². The third kappa shape index (κ3) is 4.28. The summed E-state index contributed by atoms with van der Waals surface area (Å²) in [5.74, 6) is 0.610. The number of imidazole rings is 1. The van der Waals surface area contributed by atoms with E-state index in [9.17, 15) is 0 Å². The summed E-state index contributed by atoms with van der Waals surface area (Å²) in [6.45, 7) is 7.19. The van der Waals surface area contributed by atoms with Gasteiger partial charge in [-0.05, 0) is 18.1 Å². The minimum Gasteiger partial charge on any atom is -0.393 e. The van der Waals surface area contributed by atoms with Crippen molar-refractivity contribution < 1.29 is 0 Å². The standard InChI is InChI=1S/C15H22N4S/c1-12(2)9-18(8-6-14(16)20)10-13-11-19-7-4-3-5-15(19)17-13/h3-5,7,11-12H,6,8-10H2,1-2H3,(H2,16,20). The monoisotopic (exact) mass is 290 g/mol. The number of nitrogens with zero attached hydrogens (tertiary/aromatic N) is 3. The SMILES string of the molecule is CC(C)CN(CCC(N)=S)Cc1cn2ccccc2n1. The highest BCUT2D eigenvalue weighted by atomic mass is 32.1. The number of fused-ring (bicyclic) bond motifs is 1. The largest absolute Gasteiger partial charge is 0.393 e. The van der Waals surface area contributed by atoms with Crippen molar-refractivity contribution in [3.8, 4) is 0 Å². The first-order valence-corrected chi connectivity index (χ1v) is 7.38. The minimum absolute atomic E-state index is 0.578. The lowest BCUT2D eigenvalue weighted by Gasteiger charge is -2.23. The first kappa shape index (κ1) is 14.9. The van der Waals surface area contributed by atoms with Crippen LogP contribution in [0.1, 0.15) is 26.0 Å². The van der Waals surface area contributed by atoms with E-state index in [1.807, 2.05) is 24.4 Å². The average molecular weight is 290 g/mol. The van der Waals surface area contributed by atoms with Crippen LogP contribution in [-0.2, 0) is 6.54 Å². The van der Waals surface area contributed by atoms with E-state index in [1.165, 1.54) is 0 Å². The molecule has 2 aromatic rings. The van der Waals surface area contributed by atoms with Gasteiger partial charge in [0.25, 0.3) is 0 Å². The smallest absolute Gasteiger partial charge is 0.137 e. The van der Waals surface area contributed by atoms with Crippen LogP contribution in [0.15, 0.2) is 30.6 Å². The summed E-state index contributed by atoms with van der Waals surface area (Å²) in [6, 6.07) is 6.04. The van der Waals surface area contributed by atoms with Crippen molar-refractivity contribution in [3.05, 3.63) is 36.3 Å². The summed E-state index contributed by atoms with van der Waals surface area (Å²) in [4.78, 5) is 7.59. The molecule has 5 heteroatoms. The van der Waals surface area contributed by atoms with E-state index >= 15 is 0 Å². The van der Waals surface area contributed by atoms with Gasteiger partial charge in [0.2, 0.25) is 0 Å². The summed E-state index contributed by atoms with van der Waals surface area (Å²) in [5, 5.41) is 0. The molecule has 0 aromatic carbocycles. The number of aromatic nitrogens is 2. The molecule has 0 unspecified atom stereocenters. The maximum Gasteiger partial charge on any atom is 0.137 e. The van der Waals surface area contributed by atoms with E-state index < -0.39 is 0 Å². The van der Waals surface area contributed by atoms with Crippen LogP contribution in [0.25, 0.3) is 5.65 Å². The minimum atomic E-state index is 0.578. The molecule has 4 nitrogen and oxygen atoms in total. The number of rotatable bonds is 7. The maximum absolute atomic E-state index is 5.61. The van der Waals surface area contributed by atoms with Crippen LogP contribution >= 0.6 is 12.2 Å². The fraction of sp³-hybridized carbons (Fsp3) is 0.467. The van der Waals surface area contributed by atoms with Crippen LogP contribution in [0.4, 0.5) is 0 Å². The van der Waals surface area contributed by atoms with Gasteiger partial charge in [0.05, 0.1) is 10.7 Å². The molecule has 0 amide bonds. The summed E-state index contributed by atoms with van der Waals surface area (Å²) >= 11 is 4.98. The van der Waals surface area contributed by atoms with Crippen LogP contribution in [0.3, 0.4) is 0 Å². The molecular weight excluding hydrogens is 268 g/mol. The van der Waals surface area contributed by atoms with Crippen LogP contribution in [0.5, 0.6) is 0 Å². The number of hydrogen-bond donors (Lipinski definition) is 1. The third-order valence-corrected chi connectivity index (χ3v) is 3.30. The lowest BCUT2D eigenvalue weighted by Crippen LogP contribution is -2.30. The molecule has 2 N–H and O–H groups in total. The Morgan fingerprint density at radius 1 is 1.45 bits per heavy atom. The molecule has 0 bridgehead atoms. The number of pyridine rings is 1. The predicted octanol–water partition coefficient (Wildman–Crippen LogP) is 2.47. The van der Waals surface area contributed by atoms with Crippen molar-refractivity contribution in [2.24, 2.45) is 11.7 Å². The molecule has 2 rings (SSSR count). The van der Waals surface area contributed by atoms with E-state index in [0.717, 1.165) is 37.4 Å². The van der Waals surface area contributed by atoms with Crippen LogP contribution in [0, 0.1) is 5.92 Å². The Kier molecular flexibility index (Phi) is 5.09. The zero-order chi connectivity index (χ0) is 14.5. The molecular formula is C15H22N4S. The molecule has 0 fully saturated rings. The van der Waals surface area contributed by atoms with Crippen molar-refractivity contribution in [1.82, 2.24) is 14.3 Å². The highest BCUT2D eigenvalue weighted by Crippen LogP contribution is 2.09. The van der Waals surface area contributed by atoms with Crippen LogP contribution in [0.2, 0.25) is 0 Å². The van der Waals surface area contributed by atoms with Gasteiger partial charge in [-0.3, -0.25) is 4.90 Å². The zero-order valence-corrected chi connectivity index (χ0v) is 12.9. The van der Waals surface area contributed by atoms with Crippen LogP contribution in [-0.4, -0.2) is 32.4 Å². The predicted molar refractivity (Wildman–Crippen MR) is 86.7 cm³/mol. The summed E-state index contributed by atoms with van der Waals surface area (Å²) < 4.78 is 2.05. The molecule has 0 spiro atoms. The lowest BCUT2D eigenvalue weighted by molar-refractivity contribution is 0.240. The summed E-state index contributed by atoms with van der Waals surface area (Å²) in [7, 11) is 0. The van der Waals surface area contributed by atoms with E-state index in [2.05, 4.69) is 34.3 Å². The van der Waals surface area contributed by atoms with Gasteiger partial charge in [-0.1, -0.05) is 32.1 Å². The van der Waals surface area contributed by atoms with E-state index in [0.29, 0.717) is 10.9 Å². The van der Waals surface area contributed by atoms with Gasteiger partial charge >= 0.3 is 0 Å². The first-order valence-electron chi connectivity index (χ1n) is 6.98. The first-order chi connectivity index (χ1) is 9.54. The van der Waals surface area contributed by atoms with Crippen molar-refractivity contribution in [2.45, 2.75) is 26.8 Å². The second-order valence-electron chi connectivity index (χ2n) is 5.54. The molecule has 20 heavy (non-hydrogen) atoms. The second-order valence-corrected chi connectivity index (χ2v) is 6.07. The van der Waals surface area contributed by atoms with Crippen molar-refractivity contribution in [2.75, 3.05) is 13.1 Å². The molecule has 0 atom stereocenters. The van der Waals surface area contributed by atoms with Crippen LogP contribution < -0.4 is 5.73 Å². The average Bonchev–Trinajstić information content (AvgIpc) is 2.77. The summed E-state index contributed by atoms with van der Waals surface area (Å²) in [6.07, 6.45) is 4.87. The number of hydrogen-bond acceptors (Lipinski definition) is 3. The maximum atomic E-state index is 5.61. The molecule has 0 saturated carbocycles. The normalized spacial score (nSPS) is 11.6. The molecule has 0 aliphatic heterocycles. The molecule has 2 aromatic heterocycles. The Hall–Kier alpha value is -1.46. The molecule has 108 valence electrons. The third-order valence-electron chi connectivity index (χ3n) is 3.10. The zero-order valence-electron chi connectivity index (χ0n) is 12.1. The number of nitrogens with two attached hydrogens (primary N) is 1. The Bertz CT molecular complexity index is 543. The highest BCUT2D eigenvalue weighted by Gasteiger charge is 2.11. The highest BCUT2D eigenvalue weighted by molar-refractivity contribution is 7.80. The van der Waals surface area contributed by atoms with Crippen molar-refractivity contribution in [1.29, 1.82) is 0 Å². The Morgan fingerprint density at radius 2 is 2.25 bits per heavy atom. The van der Waals surface area contributed by atoms with Gasteiger partial charge in [0, 0.05) is 38.4 Å². The Morgan fingerprint density at radius 3 is 2.90 bits per heavy atom. The molecule has 0 aliphatic carbocycles. The topological polar surface area (TPSA) is 46.6 Å². The van der Waals surface area contributed by atoms with Gasteiger partial charge in [-0.2, -0.15) is 0 Å². The van der Waals surface area contributed by atoms with Crippen molar-refractivity contribution in [3.63, 3.8) is 0 Å². The van der Waals surface area contributed by atoms with Gasteiger partial charge in [-0.15, -0.1) is 0 Å². The lowest BCUT2D eigenvalue weighted by atomic mass is 10.2. The molecule has 0 radical (unpaired) electrons. The Labute approximate surface area is 125 Å². The Balaban J connectivity index is 2.07. The van der Waals surface area contributed by atoms with Gasteiger partial charge in [0.1, 0.15) is 5.65 Å². The fourth-order valence-electron chi connectivity index (χ4n) is 2.31. The van der Waals surface area contributed by atoms with Gasteiger partial charge < -0.3 is 10.1 Å². The van der Waals surface area contributed by atoms with E-state index in [4.69, 9.17) is 18.0 Å². The molecule has 0 saturated heterocycles. The van der Waals surface area contributed by atoms with E-state index in [1.54, 1.807) is 0 Å².